The van der Waals surface area contributed by atoms with Crippen molar-refractivity contribution in [2.45, 2.75) is 19.5 Å². The fourth-order valence-corrected chi connectivity index (χ4v) is 5.60. The monoisotopic (exact) mass is 566 g/mol. The zero-order valence-corrected chi connectivity index (χ0v) is 22.3. The number of nitrogens with one attached hydrogen (secondary N) is 1. The van der Waals surface area contributed by atoms with Crippen molar-refractivity contribution in [1.82, 2.24) is 24.5 Å². The third-order valence-corrected chi connectivity index (χ3v) is 7.96. The van der Waals surface area contributed by atoms with Crippen LogP contribution in [0.4, 0.5) is 20.4 Å². The van der Waals surface area contributed by atoms with Gasteiger partial charge in [0, 0.05) is 26.9 Å². The molecule has 0 unspecified atom stereocenters. The molecule has 0 aliphatic carbocycles. The summed E-state index contributed by atoms with van der Waals surface area (Å²) < 4.78 is 29.6. The van der Waals surface area contributed by atoms with Crippen molar-refractivity contribution in [2.75, 3.05) is 11.1 Å². The molecular formula is C29H20F2N8OS. The van der Waals surface area contributed by atoms with Gasteiger partial charge in [-0.05, 0) is 42.8 Å². The van der Waals surface area contributed by atoms with Crippen LogP contribution in [-0.4, -0.2) is 24.5 Å². The van der Waals surface area contributed by atoms with E-state index in [1.54, 1.807) is 18.3 Å². The lowest BCUT2D eigenvalue weighted by Gasteiger charge is -2.17. The van der Waals surface area contributed by atoms with E-state index in [0.717, 1.165) is 32.3 Å². The third kappa shape index (κ3) is 4.62. The normalized spacial score (nSPS) is 12.0. The van der Waals surface area contributed by atoms with E-state index in [0.29, 0.717) is 12.4 Å². The van der Waals surface area contributed by atoms with Crippen LogP contribution in [0.15, 0.2) is 72.2 Å². The van der Waals surface area contributed by atoms with E-state index in [9.17, 15) is 18.8 Å². The predicted octanol–water partition coefficient (Wildman–Crippen LogP) is 5.42. The Kier molecular flexibility index (Phi) is 6.56. The highest BCUT2D eigenvalue weighted by molar-refractivity contribution is 7.15. The Morgan fingerprint density at radius 3 is 2.80 bits per heavy atom. The number of fused-ring (bicyclic) bond motifs is 2. The lowest BCUT2D eigenvalue weighted by atomic mass is 10.1. The molecule has 202 valence electrons. The number of aromatic nitrogens is 5. The van der Waals surface area contributed by atoms with Gasteiger partial charge in [0.15, 0.2) is 11.6 Å². The summed E-state index contributed by atoms with van der Waals surface area (Å²) in [5.41, 5.74) is 7.49. The number of rotatable bonds is 6. The summed E-state index contributed by atoms with van der Waals surface area (Å²) in [6, 6.07) is 14.7. The van der Waals surface area contributed by atoms with Gasteiger partial charge in [0.2, 0.25) is 0 Å². The molecule has 12 heteroatoms. The maximum atomic E-state index is 14.5. The van der Waals surface area contributed by atoms with Crippen LogP contribution >= 0.6 is 11.3 Å². The molecule has 0 bridgehead atoms. The molecule has 0 fully saturated rings. The number of nitriles is 1. The van der Waals surface area contributed by atoms with Gasteiger partial charge in [0.25, 0.3) is 5.56 Å². The van der Waals surface area contributed by atoms with E-state index >= 15 is 0 Å². The molecule has 6 aromatic rings. The number of nitrogen functional groups attached to an aromatic ring is 1. The van der Waals surface area contributed by atoms with Crippen molar-refractivity contribution in [3.05, 3.63) is 105 Å². The Bertz CT molecular complexity index is 2070. The molecule has 3 N–H and O–H groups in total. The number of nitrogens with two attached hydrogens (primary N) is 1. The number of benzene rings is 2. The molecule has 6 rings (SSSR count). The molecule has 9 nitrogen and oxygen atoms in total. The number of pyridine rings is 1. The Morgan fingerprint density at radius 1 is 1.12 bits per heavy atom. The Labute approximate surface area is 235 Å². The lowest BCUT2D eigenvalue weighted by molar-refractivity contribution is 0.477. The van der Waals surface area contributed by atoms with Gasteiger partial charge in [-0.2, -0.15) is 5.26 Å². The van der Waals surface area contributed by atoms with Crippen LogP contribution in [0.25, 0.3) is 32.2 Å². The van der Waals surface area contributed by atoms with Crippen LogP contribution in [0.3, 0.4) is 0 Å². The molecular weight excluding hydrogens is 546 g/mol. The number of hydrogen-bond donors (Lipinski definition) is 2. The minimum atomic E-state index is -1.04. The highest BCUT2D eigenvalue weighted by Gasteiger charge is 2.21. The van der Waals surface area contributed by atoms with Gasteiger partial charge in [-0.1, -0.05) is 18.2 Å². The number of nitrogens with zero attached hydrogens (tertiary/aromatic N) is 6. The van der Waals surface area contributed by atoms with Crippen molar-refractivity contribution in [2.24, 2.45) is 0 Å². The summed E-state index contributed by atoms with van der Waals surface area (Å²) in [5.74, 6) is -1.42. The maximum Gasteiger partial charge on any atom is 0.265 e. The molecule has 0 amide bonds. The molecule has 41 heavy (non-hydrogen) atoms. The van der Waals surface area contributed by atoms with Crippen LogP contribution < -0.4 is 16.6 Å². The second-order valence-electron chi connectivity index (χ2n) is 9.24. The van der Waals surface area contributed by atoms with Gasteiger partial charge in [0.05, 0.1) is 30.0 Å². The Balaban J connectivity index is 1.33. The van der Waals surface area contributed by atoms with Crippen LogP contribution in [0.2, 0.25) is 0 Å². The SMILES string of the molecule is C[C@@H](c1cccc(F)c1F)n1cnc2c(C#N)cnc(NCc3ccc(-c4ccc5ncnc(N)c5c4)s3)c2c1=O. The topological polar surface area (TPSA) is 135 Å². The van der Waals surface area contributed by atoms with Gasteiger partial charge >= 0.3 is 0 Å². The second kappa shape index (κ2) is 10.4. The van der Waals surface area contributed by atoms with E-state index in [1.165, 1.54) is 35.6 Å². The van der Waals surface area contributed by atoms with Crippen LogP contribution in [0, 0.1) is 23.0 Å². The zero-order valence-electron chi connectivity index (χ0n) is 21.5. The van der Waals surface area contributed by atoms with Crippen molar-refractivity contribution < 1.29 is 8.78 Å². The summed E-state index contributed by atoms with van der Waals surface area (Å²) in [5, 5.41) is 13.6. The molecule has 2 aromatic carbocycles. The fourth-order valence-electron chi connectivity index (χ4n) is 4.65. The lowest BCUT2D eigenvalue weighted by Crippen LogP contribution is -2.26. The Hall–Kier alpha value is -5.28. The highest BCUT2D eigenvalue weighted by atomic mass is 32.1. The third-order valence-electron chi connectivity index (χ3n) is 6.82. The highest BCUT2D eigenvalue weighted by Crippen LogP contribution is 2.32. The minimum Gasteiger partial charge on any atom is -0.383 e. The van der Waals surface area contributed by atoms with Gasteiger partial charge in [-0.15, -0.1) is 11.3 Å². The van der Waals surface area contributed by atoms with E-state index < -0.39 is 23.2 Å². The van der Waals surface area contributed by atoms with Crippen molar-refractivity contribution in [1.29, 1.82) is 5.26 Å². The molecule has 0 saturated carbocycles. The number of halogens is 2. The standard InChI is InChI=1S/C29H20F2N8OS/c1-15(19-3-2-4-21(30)25(19)31)39-14-38-26-17(10-32)11-34-28(24(26)29(39)40)35-12-18-6-8-23(41-18)16-5-7-22-20(9-16)27(33)37-13-36-22/h2-9,11,13-15H,12H2,1H3,(H,34,35)(H2,33,36,37)/t15-/m0/s1. The first-order valence-corrected chi connectivity index (χ1v) is 13.2. The fraction of sp³-hybridized carbons (Fsp3) is 0.103. The Morgan fingerprint density at radius 2 is 1.98 bits per heavy atom. The summed E-state index contributed by atoms with van der Waals surface area (Å²) in [7, 11) is 0. The smallest absolute Gasteiger partial charge is 0.265 e. The molecule has 0 spiro atoms. The summed E-state index contributed by atoms with van der Waals surface area (Å²) >= 11 is 1.54. The van der Waals surface area contributed by atoms with Crippen molar-refractivity contribution in [3.63, 3.8) is 0 Å². The second-order valence-corrected chi connectivity index (χ2v) is 10.4. The molecule has 0 aliphatic rings. The zero-order chi connectivity index (χ0) is 28.7. The first kappa shape index (κ1) is 26.0. The number of hydrogen-bond acceptors (Lipinski definition) is 9. The van der Waals surface area contributed by atoms with Crippen LogP contribution in [0.5, 0.6) is 0 Å². The predicted molar refractivity (Wildman–Crippen MR) is 153 cm³/mol. The number of anilines is 2. The summed E-state index contributed by atoms with van der Waals surface area (Å²) in [6.45, 7) is 1.90. The van der Waals surface area contributed by atoms with Crippen molar-refractivity contribution >= 4 is 44.8 Å². The van der Waals surface area contributed by atoms with Crippen molar-refractivity contribution in [3.8, 4) is 16.5 Å². The van der Waals surface area contributed by atoms with Gasteiger partial charge in [-0.25, -0.2) is 28.7 Å². The molecule has 1 atom stereocenters. The maximum absolute atomic E-state index is 14.5. The summed E-state index contributed by atoms with van der Waals surface area (Å²) in [6.07, 6.45) is 4.01. The molecule has 0 radical (unpaired) electrons. The van der Waals surface area contributed by atoms with E-state index in [2.05, 4.69) is 25.3 Å². The van der Waals surface area contributed by atoms with Gasteiger partial charge in [-0.3, -0.25) is 9.36 Å². The first-order chi connectivity index (χ1) is 19.9. The molecule has 0 aliphatic heterocycles. The van der Waals surface area contributed by atoms with Gasteiger partial charge in [0.1, 0.15) is 34.9 Å². The minimum absolute atomic E-state index is 0.000260. The molecule has 0 saturated heterocycles. The van der Waals surface area contributed by atoms with E-state index in [4.69, 9.17) is 5.73 Å². The van der Waals surface area contributed by atoms with E-state index in [1.807, 2.05) is 36.4 Å². The number of thiophene rings is 1. The first-order valence-electron chi connectivity index (χ1n) is 12.4. The average molecular weight is 567 g/mol. The van der Waals surface area contributed by atoms with Crippen LogP contribution in [0.1, 0.15) is 29.0 Å². The quantitative estimate of drug-likeness (QED) is 0.273. The largest absolute Gasteiger partial charge is 0.383 e. The molecule has 4 heterocycles. The molecule has 4 aromatic heterocycles. The summed E-state index contributed by atoms with van der Waals surface area (Å²) in [4.78, 5) is 32.6. The average Bonchev–Trinajstić information content (AvgIpc) is 3.46. The van der Waals surface area contributed by atoms with E-state index in [-0.39, 0.29) is 27.8 Å². The van der Waals surface area contributed by atoms with Gasteiger partial charge < -0.3 is 11.1 Å². The van der Waals surface area contributed by atoms with Crippen LogP contribution in [-0.2, 0) is 6.54 Å².